The molecule has 3 aromatic rings. The molecule has 1 aliphatic carbocycles. The van der Waals surface area contributed by atoms with Gasteiger partial charge in [-0.05, 0) is 51.1 Å². The van der Waals surface area contributed by atoms with Crippen molar-refractivity contribution in [3.63, 3.8) is 0 Å². The summed E-state index contributed by atoms with van der Waals surface area (Å²) in [6.45, 7) is 2.96. The fourth-order valence-electron chi connectivity index (χ4n) is 6.56. The number of rotatable bonds is 9. The van der Waals surface area contributed by atoms with Crippen LogP contribution in [0.25, 0.3) is 0 Å². The van der Waals surface area contributed by atoms with Gasteiger partial charge in [0.2, 0.25) is 11.9 Å². The van der Waals surface area contributed by atoms with Gasteiger partial charge in [0.25, 0.3) is 0 Å². The van der Waals surface area contributed by atoms with Gasteiger partial charge in [-0.3, -0.25) is 4.79 Å². The largest absolute Gasteiger partial charge is 0.486 e. The normalized spacial score (nSPS) is 19.8. The summed E-state index contributed by atoms with van der Waals surface area (Å²) < 4.78 is 12.1. The van der Waals surface area contributed by atoms with Crippen LogP contribution in [-0.2, 0) is 22.6 Å². The monoisotopic (exact) mass is 584 g/mol. The molecule has 0 saturated heterocycles. The summed E-state index contributed by atoms with van der Waals surface area (Å²) in [5.41, 5.74) is 3.66. The molecule has 1 unspecified atom stereocenters. The summed E-state index contributed by atoms with van der Waals surface area (Å²) in [6.07, 6.45) is 7.33. The Morgan fingerprint density at radius 1 is 1.14 bits per heavy atom. The lowest BCUT2D eigenvalue weighted by Gasteiger charge is -2.43. The number of hydrogen-bond donors (Lipinski definition) is 1. The molecule has 2 aromatic carbocycles. The van der Waals surface area contributed by atoms with Crippen LogP contribution in [0.1, 0.15) is 60.5 Å². The zero-order valence-corrected chi connectivity index (χ0v) is 25.4. The Labute approximate surface area is 253 Å². The molecule has 2 atom stereocenters. The number of benzene rings is 2. The van der Waals surface area contributed by atoms with E-state index in [1.807, 2.05) is 50.5 Å². The van der Waals surface area contributed by atoms with Crippen LogP contribution in [0.3, 0.4) is 0 Å². The second kappa shape index (κ2) is 12.2. The number of esters is 1. The predicted molar refractivity (Wildman–Crippen MR) is 166 cm³/mol. The molecule has 3 aliphatic rings. The molecule has 1 saturated carbocycles. The van der Waals surface area contributed by atoms with Crippen molar-refractivity contribution in [2.45, 2.75) is 70.2 Å². The third-order valence-electron chi connectivity index (χ3n) is 8.64. The maximum atomic E-state index is 13.3. The van der Waals surface area contributed by atoms with Crippen molar-refractivity contribution in [1.82, 2.24) is 14.9 Å². The number of carbonyl (C=O) groups excluding carboxylic acids is 2. The molecular formula is C33H40N6O4. The molecule has 1 N–H and O–H groups in total. The van der Waals surface area contributed by atoms with Gasteiger partial charge in [0.15, 0.2) is 5.82 Å². The van der Waals surface area contributed by atoms with Crippen LogP contribution in [0.5, 0.6) is 5.75 Å². The van der Waals surface area contributed by atoms with E-state index in [-0.39, 0.29) is 36.7 Å². The lowest BCUT2D eigenvalue weighted by atomic mass is 10.0. The lowest BCUT2D eigenvalue weighted by Crippen LogP contribution is -2.55. The molecule has 1 amide bonds. The van der Waals surface area contributed by atoms with E-state index in [0.717, 1.165) is 48.3 Å². The summed E-state index contributed by atoms with van der Waals surface area (Å²) in [5, 5.41) is 3.38. The van der Waals surface area contributed by atoms with Crippen molar-refractivity contribution < 1.29 is 19.1 Å². The van der Waals surface area contributed by atoms with E-state index in [1.165, 1.54) is 0 Å². The molecule has 226 valence electrons. The van der Waals surface area contributed by atoms with Gasteiger partial charge < -0.3 is 29.5 Å². The number of aromatic nitrogens is 2. The number of carbonyl (C=O) groups is 2. The maximum absolute atomic E-state index is 13.3. The van der Waals surface area contributed by atoms with Crippen LogP contribution in [-0.4, -0.2) is 72.6 Å². The van der Waals surface area contributed by atoms with Crippen LogP contribution in [0.2, 0.25) is 0 Å². The average Bonchev–Trinajstić information content (AvgIpc) is 3.68. The Kier molecular flexibility index (Phi) is 8.21. The number of amides is 1. The highest BCUT2D eigenvalue weighted by molar-refractivity contribution is 6.04. The van der Waals surface area contributed by atoms with Crippen LogP contribution in [0.15, 0.2) is 48.7 Å². The summed E-state index contributed by atoms with van der Waals surface area (Å²) in [5.74, 6) is 1.52. The zero-order valence-electron chi connectivity index (χ0n) is 25.4. The molecular weight excluding hydrogens is 544 g/mol. The van der Waals surface area contributed by atoms with Gasteiger partial charge in [-0.25, -0.2) is 9.78 Å². The SMILES string of the molecule is CC[C@@H]1C(=O)N(C)c2cnc(Nc3ccc(C(=O)OCc4ccccc4)c4c3OC(CN(C)C)C4)nc2N1C1CCCC1. The number of likely N-dealkylation sites (N-methyl/N-ethyl adjacent to an activating group) is 2. The third-order valence-corrected chi connectivity index (χ3v) is 8.64. The van der Waals surface area contributed by atoms with E-state index in [9.17, 15) is 9.59 Å². The highest BCUT2D eigenvalue weighted by Crippen LogP contribution is 2.42. The smallest absolute Gasteiger partial charge is 0.338 e. The average molecular weight is 585 g/mol. The van der Waals surface area contributed by atoms with Crippen LogP contribution in [0, 0.1) is 0 Å². The first-order chi connectivity index (χ1) is 20.8. The molecule has 0 spiro atoms. The van der Waals surface area contributed by atoms with E-state index < -0.39 is 0 Å². The van der Waals surface area contributed by atoms with Gasteiger partial charge in [-0.1, -0.05) is 50.1 Å². The molecule has 10 nitrogen and oxygen atoms in total. The number of fused-ring (bicyclic) bond motifs is 2. The Balaban J connectivity index is 1.31. The fourth-order valence-corrected chi connectivity index (χ4v) is 6.56. The van der Waals surface area contributed by atoms with Crippen LogP contribution in [0.4, 0.5) is 23.1 Å². The van der Waals surface area contributed by atoms with Crippen molar-refractivity contribution in [2.24, 2.45) is 0 Å². The van der Waals surface area contributed by atoms with E-state index in [2.05, 4.69) is 27.0 Å². The van der Waals surface area contributed by atoms with Gasteiger partial charge in [0.1, 0.15) is 30.2 Å². The Hall–Kier alpha value is -4.18. The van der Waals surface area contributed by atoms with E-state index >= 15 is 0 Å². The molecule has 2 aliphatic heterocycles. The van der Waals surface area contributed by atoms with Crippen molar-refractivity contribution in [3.8, 4) is 5.75 Å². The third kappa shape index (κ3) is 5.76. The Morgan fingerprint density at radius 3 is 2.63 bits per heavy atom. The second-order valence-electron chi connectivity index (χ2n) is 11.9. The van der Waals surface area contributed by atoms with Crippen LogP contribution < -0.4 is 19.9 Å². The minimum atomic E-state index is -0.378. The molecule has 10 heteroatoms. The molecule has 43 heavy (non-hydrogen) atoms. The highest BCUT2D eigenvalue weighted by atomic mass is 16.5. The van der Waals surface area contributed by atoms with Crippen molar-refractivity contribution in [3.05, 3.63) is 65.4 Å². The van der Waals surface area contributed by atoms with Gasteiger partial charge in [0.05, 0.1) is 17.4 Å². The molecule has 1 fully saturated rings. The minimum absolute atomic E-state index is 0.0825. The summed E-state index contributed by atoms with van der Waals surface area (Å²) >= 11 is 0. The fraction of sp³-hybridized carbons (Fsp3) is 0.455. The van der Waals surface area contributed by atoms with Crippen molar-refractivity contribution in [1.29, 1.82) is 0 Å². The number of nitrogens with one attached hydrogen (secondary N) is 1. The molecule has 3 heterocycles. The van der Waals surface area contributed by atoms with E-state index in [1.54, 1.807) is 24.2 Å². The molecule has 0 radical (unpaired) electrons. The number of hydrogen-bond acceptors (Lipinski definition) is 9. The quantitative estimate of drug-likeness (QED) is 0.350. The Morgan fingerprint density at radius 2 is 1.91 bits per heavy atom. The molecule has 1 aromatic heterocycles. The second-order valence-corrected chi connectivity index (χ2v) is 11.9. The number of ether oxygens (including phenoxy) is 2. The Bertz CT molecular complexity index is 1490. The first kappa shape index (κ1) is 28.9. The van der Waals surface area contributed by atoms with Gasteiger partial charge in [0, 0.05) is 31.6 Å². The first-order valence-corrected chi connectivity index (χ1v) is 15.2. The van der Waals surface area contributed by atoms with Crippen molar-refractivity contribution in [2.75, 3.05) is 42.8 Å². The van der Waals surface area contributed by atoms with Gasteiger partial charge in [-0.2, -0.15) is 4.98 Å². The summed E-state index contributed by atoms with van der Waals surface area (Å²) in [6, 6.07) is 13.3. The minimum Gasteiger partial charge on any atom is -0.486 e. The summed E-state index contributed by atoms with van der Waals surface area (Å²) in [4.78, 5) is 42.1. The van der Waals surface area contributed by atoms with E-state index in [0.29, 0.717) is 42.3 Å². The van der Waals surface area contributed by atoms with Gasteiger partial charge >= 0.3 is 5.97 Å². The predicted octanol–water partition coefficient (Wildman–Crippen LogP) is 4.95. The van der Waals surface area contributed by atoms with Crippen molar-refractivity contribution >= 4 is 35.0 Å². The molecule has 6 rings (SSSR count). The van der Waals surface area contributed by atoms with Gasteiger partial charge in [-0.15, -0.1) is 0 Å². The topological polar surface area (TPSA) is 100 Å². The first-order valence-electron chi connectivity index (χ1n) is 15.2. The molecule has 0 bridgehead atoms. The highest BCUT2D eigenvalue weighted by Gasteiger charge is 2.41. The standard InChI is InChI=1S/C33H40N6O4/c1-5-27-31(40)38(4)28-18-34-33(36-30(28)39(27)22-13-9-10-14-22)35-26-16-15-24(25-17-23(19-37(2)3)43-29(25)26)32(41)42-20-21-11-7-6-8-12-21/h6-8,11-12,15-16,18,22-23,27H,5,9-10,13-14,17,19-20H2,1-4H3,(H,34,35,36)/t23?,27-/m1/s1. The number of anilines is 4. The maximum Gasteiger partial charge on any atom is 0.338 e. The summed E-state index contributed by atoms with van der Waals surface area (Å²) in [7, 11) is 5.80. The zero-order chi connectivity index (χ0) is 30.1. The lowest BCUT2D eigenvalue weighted by molar-refractivity contribution is -0.120. The van der Waals surface area contributed by atoms with E-state index in [4.69, 9.17) is 14.5 Å². The van der Waals surface area contributed by atoms with Crippen LogP contribution >= 0.6 is 0 Å². The number of nitrogens with zero attached hydrogens (tertiary/aromatic N) is 5.